The van der Waals surface area contributed by atoms with Gasteiger partial charge in [-0.3, -0.25) is 9.20 Å². The largest absolute Gasteiger partial charge is 0.349 e. The molecule has 1 aliphatic rings. The molecule has 124 valence electrons. The molecular formula is C15H20N4O3S. The van der Waals surface area contributed by atoms with Gasteiger partial charge in [0.2, 0.25) is 15.0 Å². The normalized spacial score (nSPS) is 19.3. The third kappa shape index (κ3) is 3.09. The van der Waals surface area contributed by atoms with Crippen LogP contribution in [-0.2, 0) is 9.84 Å². The van der Waals surface area contributed by atoms with E-state index in [1.165, 1.54) is 4.40 Å². The van der Waals surface area contributed by atoms with Gasteiger partial charge in [-0.2, -0.15) is 0 Å². The molecule has 1 N–H and O–H groups in total. The molecule has 1 atom stereocenters. The van der Waals surface area contributed by atoms with Crippen molar-refractivity contribution in [2.75, 3.05) is 26.4 Å². The predicted octanol–water partition coefficient (Wildman–Crippen LogP) is 0.562. The highest BCUT2D eigenvalue weighted by atomic mass is 32.2. The monoisotopic (exact) mass is 336 g/mol. The van der Waals surface area contributed by atoms with E-state index in [2.05, 4.69) is 15.2 Å². The minimum atomic E-state index is -3.52. The van der Waals surface area contributed by atoms with E-state index in [-0.39, 0.29) is 16.8 Å². The van der Waals surface area contributed by atoms with Crippen molar-refractivity contribution in [2.45, 2.75) is 24.0 Å². The smallest absolute Gasteiger partial charge is 0.272 e. The number of amides is 1. The van der Waals surface area contributed by atoms with Crippen LogP contribution in [0.1, 0.15) is 23.3 Å². The number of fused-ring (bicyclic) bond motifs is 1. The standard InChI is InChI=1S/C15H20N4O3S/c1-18-8-5-6-11(18)10-16-14(20)13-12-7-3-4-9-19(12)15(17-13)23(2,21)22/h3-4,7,9,11H,5-6,8,10H2,1-2H3,(H,16,20)/t11-/m1/s1. The molecule has 0 aromatic carbocycles. The average molecular weight is 336 g/mol. The zero-order chi connectivity index (χ0) is 16.6. The first-order valence-corrected chi connectivity index (χ1v) is 9.42. The van der Waals surface area contributed by atoms with E-state index in [1.54, 1.807) is 24.4 Å². The summed E-state index contributed by atoms with van der Waals surface area (Å²) in [5.74, 6) is -0.344. The zero-order valence-corrected chi connectivity index (χ0v) is 14.0. The van der Waals surface area contributed by atoms with Crippen molar-refractivity contribution in [3.63, 3.8) is 0 Å². The first kappa shape index (κ1) is 15.9. The number of carbonyl (C=O) groups excluding carboxylic acids is 1. The van der Waals surface area contributed by atoms with Crippen LogP contribution in [-0.4, -0.2) is 61.0 Å². The minimum Gasteiger partial charge on any atom is -0.349 e. The number of sulfone groups is 1. The van der Waals surface area contributed by atoms with Crippen LogP contribution in [0.15, 0.2) is 29.6 Å². The maximum Gasteiger partial charge on any atom is 0.272 e. The van der Waals surface area contributed by atoms with Crippen LogP contribution in [0, 0.1) is 0 Å². The highest BCUT2D eigenvalue weighted by Gasteiger charge is 2.25. The molecule has 1 saturated heterocycles. The van der Waals surface area contributed by atoms with Crippen LogP contribution in [0.3, 0.4) is 0 Å². The van der Waals surface area contributed by atoms with Gasteiger partial charge >= 0.3 is 0 Å². The molecule has 1 aliphatic heterocycles. The first-order valence-electron chi connectivity index (χ1n) is 7.53. The van der Waals surface area contributed by atoms with Gasteiger partial charge in [-0.05, 0) is 38.6 Å². The highest BCUT2D eigenvalue weighted by molar-refractivity contribution is 7.90. The minimum absolute atomic E-state index is 0.115. The summed E-state index contributed by atoms with van der Waals surface area (Å²) in [5, 5.41) is 2.76. The van der Waals surface area contributed by atoms with E-state index in [9.17, 15) is 13.2 Å². The second kappa shape index (κ2) is 5.93. The van der Waals surface area contributed by atoms with Crippen molar-refractivity contribution in [2.24, 2.45) is 0 Å². The van der Waals surface area contributed by atoms with Gasteiger partial charge in [0.15, 0.2) is 5.69 Å². The molecule has 0 unspecified atom stereocenters. The van der Waals surface area contributed by atoms with Crippen LogP contribution in [0.4, 0.5) is 0 Å². The SMILES string of the molecule is CN1CCC[C@@H]1CNC(=O)c1nc(S(C)(=O)=O)n2ccccc12. The third-order valence-electron chi connectivity index (χ3n) is 4.23. The van der Waals surface area contributed by atoms with Gasteiger partial charge in [-0.25, -0.2) is 13.4 Å². The summed E-state index contributed by atoms with van der Waals surface area (Å²) < 4.78 is 25.2. The summed E-state index contributed by atoms with van der Waals surface area (Å²) in [6, 6.07) is 5.48. The average Bonchev–Trinajstić information content (AvgIpc) is 3.08. The number of nitrogens with zero attached hydrogens (tertiary/aromatic N) is 3. The fourth-order valence-electron chi connectivity index (χ4n) is 2.97. The van der Waals surface area contributed by atoms with E-state index in [0.29, 0.717) is 18.1 Å². The molecule has 1 fully saturated rings. The Morgan fingerprint density at radius 2 is 2.22 bits per heavy atom. The zero-order valence-electron chi connectivity index (χ0n) is 13.2. The number of nitrogens with one attached hydrogen (secondary N) is 1. The number of pyridine rings is 1. The molecular weight excluding hydrogens is 316 g/mol. The summed E-state index contributed by atoms with van der Waals surface area (Å²) in [6.45, 7) is 1.57. The molecule has 7 nitrogen and oxygen atoms in total. The van der Waals surface area contributed by atoms with E-state index in [0.717, 1.165) is 25.6 Å². The van der Waals surface area contributed by atoms with Gasteiger partial charge in [-0.15, -0.1) is 0 Å². The second-order valence-corrected chi connectivity index (χ2v) is 7.87. The molecule has 0 aliphatic carbocycles. The Labute approximate surface area is 135 Å². The summed E-state index contributed by atoms with van der Waals surface area (Å²) in [4.78, 5) is 18.8. The number of aromatic nitrogens is 2. The van der Waals surface area contributed by atoms with Crippen molar-refractivity contribution < 1.29 is 13.2 Å². The molecule has 0 bridgehead atoms. The Morgan fingerprint density at radius 3 is 2.87 bits per heavy atom. The highest BCUT2D eigenvalue weighted by Crippen LogP contribution is 2.18. The molecule has 3 rings (SSSR count). The topological polar surface area (TPSA) is 83.8 Å². The number of likely N-dealkylation sites (tertiary alicyclic amines) is 1. The maximum atomic E-state index is 12.5. The van der Waals surface area contributed by atoms with E-state index >= 15 is 0 Å². The van der Waals surface area contributed by atoms with Crippen molar-refractivity contribution in [3.05, 3.63) is 30.1 Å². The predicted molar refractivity (Wildman–Crippen MR) is 86.3 cm³/mol. The van der Waals surface area contributed by atoms with Crippen LogP contribution < -0.4 is 5.32 Å². The molecule has 2 aromatic rings. The molecule has 3 heterocycles. The number of hydrogen-bond acceptors (Lipinski definition) is 5. The Balaban J connectivity index is 1.89. The van der Waals surface area contributed by atoms with E-state index in [1.807, 2.05) is 7.05 Å². The molecule has 0 saturated carbocycles. The fourth-order valence-corrected chi connectivity index (χ4v) is 3.74. The van der Waals surface area contributed by atoms with Crippen LogP contribution in [0.2, 0.25) is 0 Å². The number of imidazole rings is 1. The van der Waals surface area contributed by atoms with Crippen molar-refractivity contribution in [1.29, 1.82) is 0 Å². The molecule has 23 heavy (non-hydrogen) atoms. The lowest BCUT2D eigenvalue weighted by atomic mass is 10.2. The van der Waals surface area contributed by atoms with Gasteiger partial charge in [0, 0.05) is 25.0 Å². The van der Waals surface area contributed by atoms with E-state index in [4.69, 9.17) is 0 Å². The van der Waals surface area contributed by atoms with Crippen molar-refractivity contribution in [1.82, 2.24) is 19.6 Å². The molecule has 0 radical (unpaired) electrons. The molecule has 8 heteroatoms. The second-order valence-electron chi connectivity index (χ2n) is 5.96. The number of likely N-dealkylation sites (N-methyl/N-ethyl adjacent to an activating group) is 1. The van der Waals surface area contributed by atoms with Crippen LogP contribution >= 0.6 is 0 Å². The Hall–Kier alpha value is -1.93. The van der Waals surface area contributed by atoms with Gasteiger partial charge in [0.1, 0.15) is 0 Å². The summed E-state index contributed by atoms with van der Waals surface area (Å²) in [6.07, 6.45) is 4.86. The lowest BCUT2D eigenvalue weighted by Gasteiger charge is -2.19. The lowest BCUT2D eigenvalue weighted by molar-refractivity contribution is 0.0940. The number of hydrogen-bond donors (Lipinski definition) is 1. The summed E-state index contributed by atoms with van der Waals surface area (Å²) in [5.41, 5.74) is 0.636. The molecule has 2 aromatic heterocycles. The number of rotatable bonds is 4. The van der Waals surface area contributed by atoms with Gasteiger partial charge in [-0.1, -0.05) is 6.07 Å². The maximum absolute atomic E-state index is 12.5. The molecule has 1 amide bonds. The summed E-state index contributed by atoms with van der Waals surface area (Å²) >= 11 is 0. The Kier molecular flexibility index (Phi) is 4.11. The third-order valence-corrected chi connectivity index (χ3v) is 5.18. The van der Waals surface area contributed by atoms with Gasteiger partial charge in [0.25, 0.3) is 5.91 Å². The Bertz CT molecular complexity index is 844. The first-order chi connectivity index (χ1) is 10.9. The molecule has 0 spiro atoms. The Morgan fingerprint density at radius 1 is 1.43 bits per heavy atom. The quantitative estimate of drug-likeness (QED) is 0.882. The number of carbonyl (C=O) groups is 1. The fraction of sp³-hybridized carbons (Fsp3) is 0.467. The van der Waals surface area contributed by atoms with Crippen molar-refractivity contribution >= 4 is 21.3 Å². The van der Waals surface area contributed by atoms with Gasteiger partial charge < -0.3 is 10.2 Å². The van der Waals surface area contributed by atoms with Crippen LogP contribution in [0.25, 0.3) is 5.52 Å². The summed E-state index contributed by atoms with van der Waals surface area (Å²) in [7, 11) is -1.48. The van der Waals surface area contributed by atoms with E-state index < -0.39 is 9.84 Å². The van der Waals surface area contributed by atoms with Crippen LogP contribution in [0.5, 0.6) is 0 Å². The van der Waals surface area contributed by atoms with Crippen molar-refractivity contribution in [3.8, 4) is 0 Å². The lowest BCUT2D eigenvalue weighted by Crippen LogP contribution is -2.38. The van der Waals surface area contributed by atoms with Gasteiger partial charge in [0.05, 0.1) is 5.52 Å².